The first kappa shape index (κ1) is 16.3. The van der Waals surface area contributed by atoms with E-state index < -0.39 is 5.97 Å². The molecule has 2 aliphatic rings. The number of nitrogens with one attached hydrogen (secondary N) is 1. The van der Waals surface area contributed by atoms with Gasteiger partial charge in [0.25, 0.3) is 0 Å². The summed E-state index contributed by atoms with van der Waals surface area (Å²) in [6.45, 7) is 3.19. The van der Waals surface area contributed by atoms with E-state index in [1.165, 1.54) is 12.8 Å². The second kappa shape index (κ2) is 6.64. The van der Waals surface area contributed by atoms with E-state index in [1.54, 1.807) is 0 Å². The SMILES string of the molecule is Cc1cc2ccccc2nc1NC1CC(N(CC(=O)O)CC2CC2)C1. The minimum atomic E-state index is -0.718. The first-order valence-electron chi connectivity index (χ1n) is 9.17. The van der Waals surface area contributed by atoms with E-state index in [-0.39, 0.29) is 6.54 Å². The van der Waals surface area contributed by atoms with Gasteiger partial charge >= 0.3 is 5.97 Å². The molecular formula is C20H25N3O2. The maximum atomic E-state index is 11.1. The quantitative estimate of drug-likeness (QED) is 0.810. The zero-order chi connectivity index (χ0) is 17.4. The smallest absolute Gasteiger partial charge is 0.317 e. The van der Waals surface area contributed by atoms with Crippen LogP contribution in [0, 0.1) is 12.8 Å². The van der Waals surface area contributed by atoms with Gasteiger partial charge in [0.05, 0.1) is 12.1 Å². The van der Waals surface area contributed by atoms with Crippen LogP contribution in [0.25, 0.3) is 10.9 Å². The molecule has 2 aliphatic carbocycles. The van der Waals surface area contributed by atoms with Crippen LogP contribution in [0.5, 0.6) is 0 Å². The Bertz CT molecular complexity index is 782. The van der Waals surface area contributed by atoms with Gasteiger partial charge in [0.1, 0.15) is 5.82 Å². The Balaban J connectivity index is 1.38. The van der Waals surface area contributed by atoms with Gasteiger partial charge in [0, 0.05) is 24.0 Å². The van der Waals surface area contributed by atoms with E-state index in [9.17, 15) is 4.79 Å². The Labute approximate surface area is 148 Å². The van der Waals surface area contributed by atoms with Crippen LogP contribution in [0.3, 0.4) is 0 Å². The molecule has 0 saturated heterocycles. The van der Waals surface area contributed by atoms with Crippen molar-refractivity contribution in [1.29, 1.82) is 0 Å². The number of aryl methyl sites for hydroxylation is 1. The van der Waals surface area contributed by atoms with Crippen molar-refractivity contribution in [3.05, 3.63) is 35.9 Å². The van der Waals surface area contributed by atoms with Gasteiger partial charge in [0.15, 0.2) is 0 Å². The molecule has 0 aliphatic heterocycles. The van der Waals surface area contributed by atoms with E-state index >= 15 is 0 Å². The summed E-state index contributed by atoms with van der Waals surface area (Å²) in [6, 6.07) is 11.1. The molecule has 2 aromatic rings. The molecule has 25 heavy (non-hydrogen) atoms. The summed E-state index contributed by atoms with van der Waals surface area (Å²) in [6.07, 6.45) is 4.50. The molecule has 2 saturated carbocycles. The lowest BCUT2D eigenvalue weighted by molar-refractivity contribution is -0.139. The molecule has 0 unspecified atom stereocenters. The Morgan fingerprint density at radius 1 is 1.32 bits per heavy atom. The average Bonchev–Trinajstić information content (AvgIpc) is 3.33. The Kier molecular flexibility index (Phi) is 4.34. The second-order valence-corrected chi connectivity index (χ2v) is 7.58. The van der Waals surface area contributed by atoms with Crippen molar-refractivity contribution in [1.82, 2.24) is 9.88 Å². The third-order valence-corrected chi connectivity index (χ3v) is 5.41. The molecule has 1 heterocycles. The molecule has 0 radical (unpaired) electrons. The average molecular weight is 339 g/mol. The predicted molar refractivity (Wildman–Crippen MR) is 98.8 cm³/mol. The highest BCUT2D eigenvalue weighted by Gasteiger charge is 2.37. The van der Waals surface area contributed by atoms with Crippen molar-refractivity contribution in [2.24, 2.45) is 5.92 Å². The number of aliphatic carboxylic acids is 1. The molecule has 0 amide bonds. The molecule has 5 heteroatoms. The minimum absolute atomic E-state index is 0.168. The van der Waals surface area contributed by atoms with Crippen LogP contribution < -0.4 is 5.32 Å². The van der Waals surface area contributed by atoms with E-state index in [0.717, 1.165) is 47.6 Å². The summed E-state index contributed by atoms with van der Waals surface area (Å²) < 4.78 is 0. The monoisotopic (exact) mass is 339 g/mol. The summed E-state index contributed by atoms with van der Waals surface area (Å²) in [5.74, 6) is 0.953. The Morgan fingerprint density at radius 2 is 2.08 bits per heavy atom. The molecule has 5 nitrogen and oxygen atoms in total. The fourth-order valence-corrected chi connectivity index (χ4v) is 3.71. The van der Waals surface area contributed by atoms with Gasteiger partial charge in [-0.25, -0.2) is 4.98 Å². The number of benzene rings is 1. The number of carboxylic acid groups (broad SMARTS) is 1. The zero-order valence-electron chi connectivity index (χ0n) is 14.6. The zero-order valence-corrected chi connectivity index (χ0v) is 14.6. The molecule has 4 rings (SSSR count). The van der Waals surface area contributed by atoms with Crippen molar-refractivity contribution in [3.8, 4) is 0 Å². The first-order valence-corrected chi connectivity index (χ1v) is 9.17. The number of hydrogen-bond donors (Lipinski definition) is 2. The molecule has 1 aromatic heterocycles. The largest absolute Gasteiger partial charge is 0.480 e. The number of rotatable bonds is 7. The van der Waals surface area contributed by atoms with Crippen molar-refractivity contribution < 1.29 is 9.90 Å². The fraction of sp³-hybridized carbons (Fsp3) is 0.500. The van der Waals surface area contributed by atoms with Crippen LogP contribution in [0.2, 0.25) is 0 Å². The van der Waals surface area contributed by atoms with E-state index in [2.05, 4.69) is 29.3 Å². The molecule has 0 atom stereocenters. The summed E-state index contributed by atoms with van der Waals surface area (Å²) in [5, 5.41) is 13.9. The highest BCUT2D eigenvalue weighted by Crippen LogP contribution is 2.35. The molecule has 0 bridgehead atoms. The Morgan fingerprint density at radius 3 is 2.80 bits per heavy atom. The lowest BCUT2D eigenvalue weighted by atomic mass is 9.85. The maximum absolute atomic E-state index is 11.1. The van der Waals surface area contributed by atoms with Crippen LogP contribution in [0.1, 0.15) is 31.2 Å². The molecule has 1 aromatic carbocycles. The number of carboxylic acids is 1. The van der Waals surface area contributed by atoms with E-state index in [4.69, 9.17) is 10.1 Å². The van der Waals surface area contributed by atoms with Gasteiger partial charge in [-0.1, -0.05) is 18.2 Å². The molecule has 2 fully saturated rings. The number of nitrogens with zero attached hydrogens (tertiary/aromatic N) is 2. The lowest BCUT2D eigenvalue weighted by Crippen LogP contribution is -2.52. The number of para-hydroxylation sites is 1. The number of fused-ring (bicyclic) bond motifs is 1. The highest BCUT2D eigenvalue weighted by atomic mass is 16.4. The fourth-order valence-electron chi connectivity index (χ4n) is 3.71. The number of carbonyl (C=O) groups is 1. The maximum Gasteiger partial charge on any atom is 0.317 e. The van der Waals surface area contributed by atoms with Crippen molar-refractivity contribution >= 4 is 22.7 Å². The summed E-state index contributed by atoms with van der Waals surface area (Å²) in [5.41, 5.74) is 2.16. The molecule has 2 N–H and O–H groups in total. The Hall–Kier alpha value is -2.14. The topological polar surface area (TPSA) is 65.5 Å². The van der Waals surface area contributed by atoms with Crippen LogP contribution in [-0.2, 0) is 4.79 Å². The third kappa shape index (κ3) is 3.76. The van der Waals surface area contributed by atoms with Gasteiger partial charge in [-0.05, 0) is 56.2 Å². The van der Waals surface area contributed by atoms with Crippen molar-refractivity contribution in [3.63, 3.8) is 0 Å². The van der Waals surface area contributed by atoms with Gasteiger partial charge in [-0.3, -0.25) is 9.69 Å². The molecule has 0 spiro atoms. The molecule has 132 valence electrons. The van der Waals surface area contributed by atoms with Gasteiger partial charge < -0.3 is 10.4 Å². The normalized spacial score (nSPS) is 22.8. The lowest BCUT2D eigenvalue weighted by Gasteiger charge is -2.43. The first-order chi connectivity index (χ1) is 12.1. The third-order valence-electron chi connectivity index (χ3n) is 5.41. The number of aromatic nitrogens is 1. The van der Waals surface area contributed by atoms with Gasteiger partial charge in [-0.2, -0.15) is 0 Å². The van der Waals surface area contributed by atoms with Crippen molar-refractivity contribution in [2.75, 3.05) is 18.4 Å². The van der Waals surface area contributed by atoms with Crippen LogP contribution in [0.15, 0.2) is 30.3 Å². The van der Waals surface area contributed by atoms with Gasteiger partial charge in [-0.15, -0.1) is 0 Å². The number of anilines is 1. The van der Waals surface area contributed by atoms with Crippen LogP contribution in [0.4, 0.5) is 5.82 Å². The van der Waals surface area contributed by atoms with Gasteiger partial charge in [0.2, 0.25) is 0 Å². The van der Waals surface area contributed by atoms with E-state index in [1.807, 2.05) is 18.2 Å². The van der Waals surface area contributed by atoms with Crippen LogP contribution >= 0.6 is 0 Å². The summed E-state index contributed by atoms with van der Waals surface area (Å²) in [4.78, 5) is 18.1. The molecular weight excluding hydrogens is 314 g/mol. The van der Waals surface area contributed by atoms with E-state index in [0.29, 0.717) is 12.1 Å². The second-order valence-electron chi connectivity index (χ2n) is 7.58. The predicted octanol–water partition coefficient (Wildman–Crippen LogP) is 3.28. The summed E-state index contributed by atoms with van der Waals surface area (Å²) >= 11 is 0. The highest BCUT2D eigenvalue weighted by molar-refractivity contribution is 5.81. The minimum Gasteiger partial charge on any atom is -0.480 e. The summed E-state index contributed by atoms with van der Waals surface area (Å²) in [7, 11) is 0. The van der Waals surface area contributed by atoms with Crippen molar-refractivity contribution in [2.45, 2.75) is 44.7 Å². The van der Waals surface area contributed by atoms with Crippen LogP contribution in [-0.4, -0.2) is 46.1 Å². The number of hydrogen-bond acceptors (Lipinski definition) is 4. The standard InChI is InChI=1S/C20H25N3O2/c1-13-8-15-4-2-3-5-18(15)22-20(13)21-16-9-17(10-16)23(12-19(24)25)11-14-6-7-14/h2-5,8,14,16-17H,6-7,9-12H2,1H3,(H,21,22)(H,24,25). The number of pyridine rings is 1.